The number of ether oxygens (including phenoxy) is 1. The van der Waals surface area contributed by atoms with E-state index in [2.05, 4.69) is 34.2 Å². The van der Waals surface area contributed by atoms with Crippen molar-refractivity contribution in [3.05, 3.63) is 58.1 Å². The number of nitrogens with one attached hydrogen (secondary N) is 1. The lowest BCUT2D eigenvalue weighted by molar-refractivity contribution is 0.480. The molecule has 0 bridgehead atoms. The molecule has 3 nitrogen and oxygen atoms in total. The smallest absolute Gasteiger partial charge is 0.145 e. The van der Waals surface area contributed by atoms with Crippen LogP contribution in [0.1, 0.15) is 24.1 Å². The van der Waals surface area contributed by atoms with Gasteiger partial charge in [-0.1, -0.05) is 34.1 Å². The summed E-state index contributed by atoms with van der Waals surface area (Å²) in [5.74, 6) is 1.27. The minimum absolute atomic E-state index is 0.254. The molecule has 0 heterocycles. The third-order valence-electron chi connectivity index (χ3n) is 3.11. The van der Waals surface area contributed by atoms with E-state index < -0.39 is 0 Å². The summed E-state index contributed by atoms with van der Waals surface area (Å²) in [5.41, 5.74) is 1.68. The molecule has 102 valence electrons. The summed E-state index contributed by atoms with van der Waals surface area (Å²) >= 11 is 3.55. The molecule has 1 unspecified atom stereocenters. The predicted octanol–water partition coefficient (Wildman–Crippen LogP) is 4.39. The standard InChI is InChI=1S/C16H15BrN2O/c1-11(19-2)14-8-7-13(9-15(14)17)20-16-6-4-3-5-12(16)10-18/h3-9,11,19H,1-2H3. The van der Waals surface area contributed by atoms with Gasteiger partial charge in [0.25, 0.3) is 0 Å². The number of hydrogen-bond acceptors (Lipinski definition) is 3. The second-order valence-electron chi connectivity index (χ2n) is 4.40. The average molecular weight is 331 g/mol. The molecule has 1 N–H and O–H groups in total. The Kier molecular flexibility index (Phi) is 4.78. The van der Waals surface area contributed by atoms with Crippen LogP contribution >= 0.6 is 15.9 Å². The summed E-state index contributed by atoms with van der Waals surface area (Å²) in [6, 6.07) is 15.4. The molecule has 2 rings (SSSR count). The van der Waals surface area contributed by atoms with E-state index in [1.807, 2.05) is 37.4 Å². The normalized spacial score (nSPS) is 11.7. The van der Waals surface area contributed by atoms with E-state index in [1.165, 1.54) is 0 Å². The number of benzene rings is 2. The van der Waals surface area contributed by atoms with E-state index in [9.17, 15) is 0 Å². The van der Waals surface area contributed by atoms with Crippen molar-refractivity contribution in [2.24, 2.45) is 0 Å². The van der Waals surface area contributed by atoms with E-state index in [4.69, 9.17) is 10.00 Å². The maximum atomic E-state index is 9.05. The molecule has 0 saturated carbocycles. The Hall–Kier alpha value is -1.83. The summed E-state index contributed by atoms with van der Waals surface area (Å²) in [5, 5.41) is 12.2. The predicted molar refractivity (Wildman–Crippen MR) is 82.8 cm³/mol. The van der Waals surface area contributed by atoms with Crippen LogP contribution in [0.4, 0.5) is 0 Å². The van der Waals surface area contributed by atoms with Gasteiger partial charge in [0.1, 0.15) is 17.6 Å². The second kappa shape index (κ2) is 6.56. The molecule has 2 aromatic carbocycles. The topological polar surface area (TPSA) is 45.0 Å². The monoisotopic (exact) mass is 330 g/mol. The SMILES string of the molecule is CNC(C)c1ccc(Oc2ccccc2C#N)cc1Br. The molecule has 0 spiro atoms. The molecule has 0 amide bonds. The van der Waals surface area contributed by atoms with Gasteiger partial charge in [-0.05, 0) is 43.8 Å². The van der Waals surface area contributed by atoms with E-state index in [1.54, 1.807) is 12.1 Å². The minimum atomic E-state index is 0.254. The number of rotatable bonds is 4. The van der Waals surface area contributed by atoms with Crippen LogP contribution in [-0.4, -0.2) is 7.05 Å². The van der Waals surface area contributed by atoms with Crippen LogP contribution in [0.25, 0.3) is 0 Å². The van der Waals surface area contributed by atoms with Crippen LogP contribution < -0.4 is 10.1 Å². The third kappa shape index (κ3) is 3.19. The van der Waals surface area contributed by atoms with Crippen molar-refractivity contribution in [2.75, 3.05) is 7.05 Å². The fraction of sp³-hybridized carbons (Fsp3) is 0.188. The summed E-state index contributed by atoms with van der Waals surface area (Å²) in [6.07, 6.45) is 0. The van der Waals surface area contributed by atoms with Gasteiger partial charge >= 0.3 is 0 Å². The number of nitriles is 1. The van der Waals surface area contributed by atoms with Gasteiger partial charge in [0.2, 0.25) is 0 Å². The molecule has 0 aliphatic carbocycles. The van der Waals surface area contributed by atoms with Crippen LogP contribution in [0, 0.1) is 11.3 Å². The largest absolute Gasteiger partial charge is 0.456 e. The van der Waals surface area contributed by atoms with E-state index in [0.29, 0.717) is 17.1 Å². The van der Waals surface area contributed by atoms with Crippen molar-refractivity contribution in [1.82, 2.24) is 5.32 Å². The summed E-state index contributed by atoms with van der Waals surface area (Å²) in [7, 11) is 1.92. The van der Waals surface area contributed by atoms with E-state index in [0.717, 1.165) is 10.0 Å². The molecule has 0 aromatic heterocycles. The molecule has 4 heteroatoms. The van der Waals surface area contributed by atoms with Gasteiger partial charge < -0.3 is 10.1 Å². The highest BCUT2D eigenvalue weighted by Gasteiger charge is 2.09. The maximum Gasteiger partial charge on any atom is 0.145 e. The number of nitrogens with zero attached hydrogens (tertiary/aromatic N) is 1. The van der Waals surface area contributed by atoms with Gasteiger partial charge in [-0.25, -0.2) is 0 Å². The molecule has 0 aliphatic heterocycles. The van der Waals surface area contributed by atoms with Crippen LogP contribution in [-0.2, 0) is 0 Å². The van der Waals surface area contributed by atoms with E-state index >= 15 is 0 Å². The van der Waals surface area contributed by atoms with Gasteiger partial charge in [-0.2, -0.15) is 5.26 Å². The number of para-hydroxylation sites is 1. The fourth-order valence-corrected chi connectivity index (χ4v) is 2.55. The van der Waals surface area contributed by atoms with Crippen LogP contribution in [0.5, 0.6) is 11.5 Å². The van der Waals surface area contributed by atoms with Crippen molar-refractivity contribution < 1.29 is 4.74 Å². The van der Waals surface area contributed by atoms with Crippen molar-refractivity contribution in [3.8, 4) is 17.6 Å². The Morgan fingerprint density at radius 3 is 2.65 bits per heavy atom. The fourth-order valence-electron chi connectivity index (χ4n) is 1.85. The molecule has 1 atom stereocenters. The van der Waals surface area contributed by atoms with Gasteiger partial charge in [0.15, 0.2) is 0 Å². The summed E-state index contributed by atoms with van der Waals surface area (Å²) in [6.45, 7) is 2.09. The van der Waals surface area contributed by atoms with Crippen LogP contribution in [0.2, 0.25) is 0 Å². The van der Waals surface area contributed by atoms with Gasteiger partial charge in [0, 0.05) is 10.5 Å². The average Bonchev–Trinajstić information content (AvgIpc) is 2.47. The highest BCUT2D eigenvalue weighted by Crippen LogP contribution is 2.31. The molecular formula is C16H15BrN2O. The van der Waals surface area contributed by atoms with Crippen LogP contribution in [0.3, 0.4) is 0 Å². The van der Waals surface area contributed by atoms with Gasteiger partial charge in [-0.15, -0.1) is 0 Å². The summed E-state index contributed by atoms with van der Waals surface area (Å²) < 4.78 is 6.75. The third-order valence-corrected chi connectivity index (χ3v) is 3.79. The Morgan fingerprint density at radius 1 is 1.25 bits per heavy atom. The molecule has 0 radical (unpaired) electrons. The first-order valence-electron chi connectivity index (χ1n) is 6.29. The molecular weight excluding hydrogens is 316 g/mol. The van der Waals surface area contributed by atoms with Crippen molar-refractivity contribution in [2.45, 2.75) is 13.0 Å². The zero-order chi connectivity index (χ0) is 14.5. The lowest BCUT2D eigenvalue weighted by Crippen LogP contribution is -2.12. The first-order chi connectivity index (χ1) is 9.65. The first kappa shape index (κ1) is 14.6. The summed E-state index contributed by atoms with van der Waals surface area (Å²) in [4.78, 5) is 0. The van der Waals surface area contributed by atoms with Gasteiger partial charge in [-0.3, -0.25) is 0 Å². The van der Waals surface area contributed by atoms with Crippen LogP contribution in [0.15, 0.2) is 46.9 Å². The Balaban J connectivity index is 2.27. The lowest BCUT2D eigenvalue weighted by Gasteiger charge is -2.14. The zero-order valence-corrected chi connectivity index (χ0v) is 12.9. The highest BCUT2D eigenvalue weighted by molar-refractivity contribution is 9.10. The van der Waals surface area contributed by atoms with Crippen molar-refractivity contribution in [1.29, 1.82) is 5.26 Å². The Bertz CT molecular complexity index is 649. The minimum Gasteiger partial charge on any atom is -0.456 e. The molecule has 0 fully saturated rings. The highest BCUT2D eigenvalue weighted by atomic mass is 79.9. The van der Waals surface area contributed by atoms with Crippen molar-refractivity contribution in [3.63, 3.8) is 0 Å². The Morgan fingerprint density at radius 2 is 2.00 bits per heavy atom. The number of halogens is 1. The molecule has 20 heavy (non-hydrogen) atoms. The number of hydrogen-bond donors (Lipinski definition) is 1. The molecule has 0 aliphatic rings. The maximum absolute atomic E-state index is 9.05. The Labute approximate surface area is 127 Å². The zero-order valence-electron chi connectivity index (χ0n) is 11.4. The van der Waals surface area contributed by atoms with Gasteiger partial charge in [0.05, 0.1) is 5.56 Å². The first-order valence-corrected chi connectivity index (χ1v) is 7.08. The quantitative estimate of drug-likeness (QED) is 0.903. The molecule has 2 aromatic rings. The molecule has 0 saturated heterocycles. The lowest BCUT2D eigenvalue weighted by atomic mass is 10.1. The van der Waals surface area contributed by atoms with E-state index in [-0.39, 0.29) is 6.04 Å². The second-order valence-corrected chi connectivity index (χ2v) is 5.26. The van der Waals surface area contributed by atoms with Crippen molar-refractivity contribution >= 4 is 15.9 Å².